The lowest BCUT2D eigenvalue weighted by Gasteiger charge is -2.11. The molecule has 0 saturated carbocycles. The summed E-state index contributed by atoms with van der Waals surface area (Å²) in [5.74, 6) is -2.66. The van der Waals surface area contributed by atoms with E-state index in [1.807, 2.05) is 0 Å². The third-order valence-corrected chi connectivity index (χ3v) is 1.42. The van der Waals surface area contributed by atoms with Gasteiger partial charge in [-0.1, -0.05) is 0 Å². The molecule has 7 nitrogen and oxygen atoms in total. The number of nitrogens with one attached hydrogen (secondary N) is 1. The van der Waals surface area contributed by atoms with E-state index in [1.165, 1.54) is 0 Å². The van der Waals surface area contributed by atoms with E-state index in [1.54, 1.807) is 0 Å². The van der Waals surface area contributed by atoms with Crippen LogP contribution in [0.5, 0.6) is 0 Å². The Kier molecular flexibility index (Phi) is 5.23. The van der Waals surface area contributed by atoms with Crippen LogP contribution in [0, 0.1) is 0 Å². The third-order valence-electron chi connectivity index (χ3n) is 1.42. The Balaban J connectivity index is 4.23. The number of hydrogen-bond acceptors (Lipinski definition) is 5. The van der Waals surface area contributed by atoms with Gasteiger partial charge in [-0.05, 0) is 0 Å². The van der Waals surface area contributed by atoms with Gasteiger partial charge < -0.3 is 20.9 Å². The van der Waals surface area contributed by atoms with Crippen LogP contribution in [0.3, 0.4) is 0 Å². The largest absolute Gasteiger partial charge is 0.480 e. The van der Waals surface area contributed by atoms with Gasteiger partial charge in [-0.25, -0.2) is 4.79 Å². The van der Waals surface area contributed by atoms with Gasteiger partial charge in [-0.3, -0.25) is 9.59 Å². The quantitative estimate of drug-likeness (QED) is 0.449. The van der Waals surface area contributed by atoms with Crippen LogP contribution in [0.2, 0.25) is 0 Å². The summed E-state index contributed by atoms with van der Waals surface area (Å²) in [4.78, 5) is 32.0. The van der Waals surface area contributed by atoms with E-state index in [0.29, 0.717) is 0 Å². The number of amides is 1. The Morgan fingerprint density at radius 3 is 2.43 bits per heavy atom. The SMILES string of the molecule is COC(=O)C[C@H](NC(=O)CN)C(=O)O. The van der Waals surface area contributed by atoms with Crippen molar-refractivity contribution in [1.29, 1.82) is 0 Å². The highest BCUT2D eigenvalue weighted by Gasteiger charge is 2.22. The number of hydrogen-bond donors (Lipinski definition) is 3. The summed E-state index contributed by atoms with van der Waals surface area (Å²) >= 11 is 0. The monoisotopic (exact) mass is 204 g/mol. The highest BCUT2D eigenvalue weighted by Crippen LogP contribution is 1.94. The van der Waals surface area contributed by atoms with Gasteiger partial charge in [0.1, 0.15) is 6.04 Å². The predicted molar refractivity (Wildman–Crippen MR) is 45.3 cm³/mol. The summed E-state index contributed by atoms with van der Waals surface area (Å²) in [7, 11) is 1.13. The average Bonchev–Trinajstić information content (AvgIpc) is 2.16. The Morgan fingerprint density at radius 1 is 1.50 bits per heavy atom. The molecule has 0 unspecified atom stereocenters. The standard InChI is InChI=1S/C7H12N2O5/c1-14-6(11)2-4(7(12)13)9-5(10)3-8/h4H,2-3,8H2,1H3,(H,9,10)(H,12,13)/t4-/m0/s1. The van der Waals surface area contributed by atoms with E-state index in [-0.39, 0.29) is 6.54 Å². The van der Waals surface area contributed by atoms with Crippen LogP contribution >= 0.6 is 0 Å². The lowest BCUT2D eigenvalue weighted by molar-refractivity contribution is -0.148. The molecule has 7 heteroatoms. The van der Waals surface area contributed by atoms with E-state index < -0.39 is 30.3 Å². The second kappa shape index (κ2) is 5.92. The lowest BCUT2D eigenvalue weighted by Crippen LogP contribution is -2.44. The second-order valence-electron chi connectivity index (χ2n) is 2.44. The molecule has 0 aromatic heterocycles. The molecule has 0 aromatic carbocycles. The molecule has 0 aromatic rings. The maximum Gasteiger partial charge on any atom is 0.326 e. The number of rotatable bonds is 5. The summed E-state index contributed by atoms with van der Waals surface area (Å²) in [5.41, 5.74) is 4.96. The molecule has 0 saturated heterocycles. The van der Waals surface area contributed by atoms with E-state index in [4.69, 9.17) is 10.8 Å². The maximum atomic E-state index is 10.7. The molecule has 0 aliphatic rings. The van der Waals surface area contributed by atoms with Crippen molar-refractivity contribution >= 4 is 17.8 Å². The molecule has 0 radical (unpaired) electrons. The number of carbonyl (C=O) groups is 3. The van der Waals surface area contributed by atoms with Crippen molar-refractivity contribution in [2.75, 3.05) is 13.7 Å². The van der Waals surface area contributed by atoms with Crippen LogP contribution < -0.4 is 11.1 Å². The van der Waals surface area contributed by atoms with E-state index in [2.05, 4.69) is 10.1 Å². The van der Waals surface area contributed by atoms with E-state index in [9.17, 15) is 14.4 Å². The molecule has 0 rings (SSSR count). The molecule has 0 heterocycles. The second-order valence-corrected chi connectivity index (χ2v) is 2.44. The molecule has 80 valence electrons. The first-order valence-electron chi connectivity index (χ1n) is 3.80. The predicted octanol–water partition coefficient (Wildman–Crippen LogP) is -1.92. The Hall–Kier alpha value is -1.63. The molecule has 0 bridgehead atoms. The molecule has 0 fully saturated rings. The van der Waals surface area contributed by atoms with Crippen molar-refractivity contribution in [2.45, 2.75) is 12.5 Å². The number of methoxy groups -OCH3 is 1. The summed E-state index contributed by atoms with van der Waals surface area (Å²) < 4.78 is 4.26. The van der Waals surface area contributed by atoms with Gasteiger partial charge in [0.2, 0.25) is 5.91 Å². The van der Waals surface area contributed by atoms with Crippen LogP contribution in [0.15, 0.2) is 0 Å². The molecular formula is C7H12N2O5. The van der Waals surface area contributed by atoms with Crippen LogP contribution in [0.4, 0.5) is 0 Å². The first-order valence-corrected chi connectivity index (χ1v) is 3.80. The Morgan fingerprint density at radius 2 is 2.07 bits per heavy atom. The Labute approximate surface area is 80.2 Å². The van der Waals surface area contributed by atoms with Crippen molar-refractivity contribution in [3.8, 4) is 0 Å². The topological polar surface area (TPSA) is 119 Å². The zero-order valence-corrected chi connectivity index (χ0v) is 7.65. The van der Waals surface area contributed by atoms with Gasteiger partial charge in [0.15, 0.2) is 0 Å². The summed E-state index contributed by atoms with van der Waals surface area (Å²) in [6.45, 7) is -0.328. The van der Waals surface area contributed by atoms with Gasteiger partial charge in [-0.15, -0.1) is 0 Å². The van der Waals surface area contributed by atoms with Crippen molar-refractivity contribution in [1.82, 2.24) is 5.32 Å². The molecule has 14 heavy (non-hydrogen) atoms. The van der Waals surface area contributed by atoms with Crippen LogP contribution in [-0.4, -0.2) is 42.6 Å². The Bertz CT molecular complexity index is 222. The third kappa shape index (κ3) is 4.41. The fourth-order valence-electron chi connectivity index (χ4n) is 0.703. The molecule has 1 atom stereocenters. The summed E-state index contributed by atoms with van der Waals surface area (Å²) in [6, 6.07) is -1.29. The molecule has 0 aliphatic heterocycles. The highest BCUT2D eigenvalue weighted by atomic mass is 16.5. The van der Waals surface area contributed by atoms with Crippen LogP contribution in [0.1, 0.15) is 6.42 Å². The zero-order chi connectivity index (χ0) is 11.1. The number of carbonyl (C=O) groups excluding carboxylic acids is 2. The summed E-state index contributed by atoms with van der Waals surface area (Å²) in [5, 5.41) is 10.7. The fourth-order valence-corrected chi connectivity index (χ4v) is 0.703. The van der Waals surface area contributed by atoms with Crippen molar-refractivity contribution in [3.63, 3.8) is 0 Å². The van der Waals surface area contributed by atoms with Gasteiger partial charge in [0, 0.05) is 0 Å². The van der Waals surface area contributed by atoms with E-state index >= 15 is 0 Å². The average molecular weight is 204 g/mol. The van der Waals surface area contributed by atoms with Crippen LogP contribution in [0.25, 0.3) is 0 Å². The highest BCUT2D eigenvalue weighted by molar-refractivity contribution is 5.87. The molecule has 0 spiro atoms. The first kappa shape index (κ1) is 12.4. The first-order chi connectivity index (χ1) is 6.51. The van der Waals surface area contributed by atoms with E-state index in [0.717, 1.165) is 7.11 Å². The number of carboxylic acid groups (broad SMARTS) is 1. The molecule has 0 aliphatic carbocycles. The lowest BCUT2D eigenvalue weighted by atomic mass is 10.2. The number of nitrogens with two attached hydrogens (primary N) is 1. The number of ether oxygens (including phenoxy) is 1. The van der Waals surface area contributed by atoms with Crippen molar-refractivity contribution in [2.24, 2.45) is 5.73 Å². The van der Waals surface area contributed by atoms with Crippen molar-refractivity contribution < 1.29 is 24.2 Å². The number of aliphatic carboxylic acids is 1. The smallest absolute Gasteiger partial charge is 0.326 e. The van der Waals surface area contributed by atoms with Crippen LogP contribution in [-0.2, 0) is 19.1 Å². The normalized spacial score (nSPS) is 11.6. The van der Waals surface area contributed by atoms with Crippen molar-refractivity contribution in [3.05, 3.63) is 0 Å². The number of carboxylic acids is 1. The van der Waals surface area contributed by atoms with Gasteiger partial charge >= 0.3 is 11.9 Å². The molecular weight excluding hydrogens is 192 g/mol. The van der Waals surface area contributed by atoms with Gasteiger partial charge in [0.05, 0.1) is 20.1 Å². The minimum atomic E-state index is -1.31. The van der Waals surface area contributed by atoms with Gasteiger partial charge in [0.25, 0.3) is 0 Å². The van der Waals surface area contributed by atoms with Gasteiger partial charge in [-0.2, -0.15) is 0 Å². The minimum absolute atomic E-state index is 0.328. The minimum Gasteiger partial charge on any atom is -0.480 e. The zero-order valence-electron chi connectivity index (χ0n) is 7.65. The summed E-state index contributed by atoms with van der Waals surface area (Å²) in [6.07, 6.45) is -0.419. The maximum absolute atomic E-state index is 10.7. The molecule has 4 N–H and O–H groups in total. The number of esters is 1. The molecule has 1 amide bonds. The fraction of sp³-hybridized carbons (Fsp3) is 0.571.